The fraction of sp³-hybridized carbons (Fsp3) is 0.769. The van der Waals surface area contributed by atoms with Crippen molar-refractivity contribution in [3.05, 3.63) is 6.20 Å². The monoisotopic (exact) mass is 298 g/mol. The molecule has 2 heterocycles. The summed E-state index contributed by atoms with van der Waals surface area (Å²) in [5, 5.41) is 6.20. The number of rotatable bonds is 2. The quantitative estimate of drug-likeness (QED) is 0.869. The molecule has 0 unspecified atom stereocenters. The Labute approximate surface area is 119 Å². The Morgan fingerprint density at radius 2 is 1.80 bits per heavy atom. The van der Waals surface area contributed by atoms with E-state index in [1.54, 1.807) is 4.31 Å². The largest absolute Gasteiger partial charge is 0.383 e. The van der Waals surface area contributed by atoms with Gasteiger partial charge >= 0.3 is 0 Å². The number of nitrogens with two attached hydrogens (primary N) is 1. The van der Waals surface area contributed by atoms with Gasteiger partial charge in [-0.1, -0.05) is 19.3 Å². The average Bonchev–Trinajstić information content (AvgIpc) is 2.87. The number of H-pyrrole nitrogens is 1. The van der Waals surface area contributed by atoms with E-state index in [0.29, 0.717) is 18.5 Å². The molecule has 0 amide bonds. The normalized spacial score (nSPS) is 24.0. The van der Waals surface area contributed by atoms with E-state index >= 15 is 0 Å². The molecule has 0 bridgehead atoms. The fourth-order valence-corrected chi connectivity index (χ4v) is 5.08. The van der Waals surface area contributed by atoms with Crippen LogP contribution in [-0.2, 0) is 10.0 Å². The van der Waals surface area contributed by atoms with Gasteiger partial charge in [0.25, 0.3) is 0 Å². The molecule has 1 saturated heterocycles. The van der Waals surface area contributed by atoms with Gasteiger partial charge in [-0.3, -0.25) is 5.10 Å². The molecule has 1 aromatic rings. The minimum atomic E-state index is -3.49. The lowest BCUT2D eigenvalue weighted by molar-refractivity contribution is 0.102. The van der Waals surface area contributed by atoms with Crippen LogP contribution in [0.1, 0.15) is 44.9 Å². The van der Waals surface area contributed by atoms with E-state index < -0.39 is 10.0 Å². The van der Waals surface area contributed by atoms with E-state index in [1.807, 2.05) is 0 Å². The zero-order valence-electron chi connectivity index (χ0n) is 11.6. The molecule has 3 rings (SSSR count). The van der Waals surface area contributed by atoms with Crippen LogP contribution in [0.2, 0.25) is 0 Å². The summed E-state index contributed by atoms with van der Waals surface area (Å²) in [6, 6.07) is 0. The number of nitrogen functional groups attached to an aromatic ring is 1. The maximum Gasteiger partial charge on any atom is 0.248 e. The number of hydrogen-bond acceptors (Lipinski definition) is 4. The number of nitrogens with zero attached hydrogens (tertiary/aromatic N) is 2. The summed E-state index contributed by atoms with van der Waals surface area (Å²) < 4.78 is 26.6. The van der Waals surface area contributed by atoms with Crippen molar-refractivity contribution in [3.8, 4) is 0 Å². The highest BCUT2D eigenvalue weighted by atomic mass is 32.2. The summed E-state index contributed by atoms with van der Waals surface area (Å²) in [5.41, 5.74) is 6.04. The predicted octanol–water partition coefficient (Wildman–Crippen LogP) is 1.73. The second-order valence-corrected chi connectivity index (χ2v) is 8.02. The van der Waals surface area contributed by atoms with Gasteiger partial charge < -0.3 is 5.73 Å². The molecule has 1 aromatic heterocycles. The maximum absolute atomic E-state index is 12.5. The standard InChI is InChI=1S/C13H22N4O2S/c14-12-11(10-15-16-12)20(18,19)17-8-6-13(7-9-17)4-2-1-3-5-13/h10H,1-9H2,(H3,14,15,16). The zero-order chi connectivity index (χ0) is 14.2. The number of aromatic amines is 1. The molecule has 2 aliphatic rings. The van der Waals surface area contributed by atoms with E-state index in [0.717, 1.165) is 12.8 Å². The van der Waals surface area contributed by atoms with Gasteiger partial charge in [-0.15, -0.1) is 0 Å². The van der Waals surface area contributed by atoms with Gasteiger partial charge in [0, 0.05) is 13.1 Å². The predicted molar refractivity (Wildman–Crippen MR) is 76.5 cm³/mol. The molecule has 2 fully saturated rings. The van der Waals surface area contributed by atoms with Crippen LogP contribution in [0.4, 0.5) is 5.82 Å². The Balaban J connectivity index is 1.73. The number of anilines is 1. The Kier molecular flexibility index (Phi) is 3.50. The van der Waals surface area contributed by atoms with Gasteiger partial charge in [-0.05, 0) is 31.1 Å². The average molecular weight is 298 g/mol. The van der Waals surface area contributed by atoms with E-state index in [9.17, 15) is 8.42 Å². The van der Waals surface area contributed by atoms with Crippen LogP contribution >= 0.6 is 0 Å². The van der Waals surface area contributed by atoms with Gasteiger partial charge in [0.15, 0.2) is 0 Å². The van der Waals surface area contributed by atoms with Crippen molar-refractivity contribution >= 4 is 15.8 Å². The van der Waals surface area contributed by atoms with E-state index in [2.05, 4.69) is 10.2 Å². The van der Waals surface area contributed by atoms with E-state index in [1.165, 1.54) is 38.3 Å². The molecule has 3 N–H and O–H groups in total. The number of aromatic nitrogens is 2. The first-order valence-electron chi connectivity index (χ1n) is 7.33. The van der Waals surface area contributed by atoms with Crippen molar-refractivity contribution < 1.29 is 8.42 Å². The first kappa shape index (κ1) is 13.9. The number of piperidine rings is 1. The second kappa shape index (κ2) is 5.04. The number of hydrogen-bond donors (Lipinski definition) is 2. The van der Waals surface area contributed by atoms with Crippen LogP contribution in [0, 0.1) is 5.41 Å². The minimum Gasteiger partial charge on any atom is -0.383 e. The Hall–Kier alpha value is -1.08. The molecular weight excluding hydrogens is 276 g/mol. The molecule has 1 saturated carbocycles. The molecule has 0 radical (unpaired) electrons. The molecule has 20 heavy (non-hydrogen) atoms. The first-order valence-corrected chi connectivity index (χ1v) is 8.77. The molecule has 1 aliphatic carbocycles. The van der Waals surface area contributed by atoms with Gasteiger partial charge in [0.1, 0.15) is 10.7 Å². The van der Waals surface area contributed by atoms with Crippen LogP contribution in [0.25, 0.3) is 0 Å². The lowest BCUT2D eigenvalue weighted by Gasteiger charge is -2.43. The van der Waals surface area contributed by atoms with Crippen LogP contribution in [0.5, 0.6) is 0 Å². The van der Waals surface area contributed by atoms with Crippen molar-refractivity contribution in [2.45, 2.75) is 49.8 Å². The Bertz CT molecular complexity index is 565. The summed E-state index contributed by atoms with van der Waals surface area (Å²) in [6.45, 7) is 1.21. The number of sulfonamides is 1. The van der Waals surface area contributed by atoms with Crippen LogP contribution in [0.3, 0.4) is 0 Å². The zero-order valence-corrected chi connectivity index (χ0v) is 12.5. The van der Waals surface area contributed by atoms with Gasteiger partial charge in [0.2, 0.25) is 10.0 Å². The highest BCUT2D eigenvalue weighted by Crippen LogP contribution is 2.45. The summed E-state index contributed by atoms with van der Waals surface area (Å²) in [5.74, 6) is 0.128. The van der Waals surface area contributed by atoms with Crippen LogP contribution < -0.4 is 5.73 Å². The Morgan fingerprint density at radius 3 is 2.35 bits per heavy atom. The van der Waals surface area contributed by atoms with Crippen molar-refractivity contribution in [2.75, 3.05) is 18.8 Å². The third kappa shape index (κ3) is 2.33. The minimum absolute atomic E-state index is 0.108. The van der Waals surface area contributed by atoms with E-state index in [4.69, 9.17) is 5.73 Å². The van der Waals surface area contributed by atoms with Crippen LogP contribution in [0.15, 0.2) is 11.1 Å². The summed E-state index contributed by atoms with van der Waals surface area (Å²) in [4.78, 5) is 0.108. The molecule has 0 atom stereocenters. The third-order valence-corrected chi connectivity index (χ3v) is 6.87. The van der Waals surface area contributed by atoms with E-state index in [-0.39, 0.29) is 10.7 Å². The molecule has 7 heteroatoms. The van der Waals surface area contributed by atoms with Crippen molar-refractivity contribution in [1.29, 1.82) is 0 Å². The second-order valence-electron chi connectivity index (χ2n) is 6.11. The Morgan fingerprint density at radius 1 is 1.15 bits per heavy atom. The SMILES string of the molecule is Nc1[nH]ncc1S(=O)(=O)N1CCC2(CCCCC2)CC1. The van der Waals surface area contributed by atoms with Crippen molar-refractivity contribution in [2.24, 2.45) is 5.41 Å². The highest BCUT2D eigenvalue weighted by molar-refractivity contribution is 7.89. The summed E-state index contributed by atoms with van der Waals surface area (Å²) in [7, 11) is -3.49. The van der Waals surface area contributed by atoms with Crippen LogP contribution in [-0.4, -0.2) is 36.0 Å². The smallest absolute Gasteiger partial charge is 0.248 e. The summed E-state index contributed by atoms with van der Waals surface area (Å²) >= 11 is 0. The lowest BCUT2D eigenvalue weighted by atomic mass is 9.68. The van der Waals surface area contributed by atoms with Crippen molar-refractivity contribution in [1.82, 2.24) is 14.5 Å². The molecule has 1 aliphatic heterocycles. The topological polar surface area (TPSA) is 92.1 Å². The molecular formula is C13H22N4O2S. The molecule has 1 spiro atoms. The fourth-order valence-electron chi connectivity index (χ4n) is 3.63. The lowest BCUT2D eigenvalue weighted by Crippen LogP contribution is -2.43. The highest BCUT2D eigenvalue weighted by Gasteiger charge is 2.39. The van der Waals surface area contributed by atoms with Gasteiger partial charge in [-0.2, -0.15) is 9.40 Å². The number of nitrogens with one attached hydrogen (secondary N) is 1. The maximum atomic E-state index is 12.5. The third-order valence-electron chi connectivity index (χ3n) is 4.95. The van der Waals surface area contributed by atoms with Gasteiger partial charge in [-0.25, -0.2) is 8.42 Å². The van der Waals surface area contributed by atoms with Crippen molar-refractivity contribution in [3.63, 3.8) is 0 Å². The first-order chi connectivity index (χ1) is 9.54. The molecule has 0 aromatic carbocycles. The van der Waals surface area contributed by atoms with Gasteiger partial charge in [0.05, 0.1) is 6.20 Å². The summed E-state index contributed by atoms with van der Waals surface area (Å²) in [6.07, 6.45) is 9.69. The molecule has 112 valence electrons. The molecule has 6 nitrogen and oxygen atoms in total.